The van der Waals surface area contributed by atoms with Gasteiger partial charge in [-0.3, -0.25) is 9.69 Å². The number of hydrogen-bond acceptors (Lipinski definition) is 8. The molecule has 0 radical (unpaired) electrons. The molecule has 0 atom stereocenters. The molecule has 1 aliphatic heterocycles. The van der Waals surface area contributed by atoms with E-state index in [1.165, 1.54) is 16.9 Å². The fourth-order valence-electron chi connectivity index (χ4n) is 3.20. The Hall–Kier alpha value is -3.04. The Morgan fingerprint density at radius 1 is 1.10 bits per heavy atom. The number of thiophene rings is 1. The van der Waals surface area contributed by atoms with E-state index in [1.807, 2.05) is 53.6 Å². The summed E-state index contributed by atoms with van der Waals surface area (Å²) in [4.78, 5) is 30.3. The van der Waals surface area contributed by atoms with E-state index in [-0.39, 0.29) is 11.9 Å². The lowest BCUT2D eigenvalue weighted by molar-refractivity contribution is 0.0630. The number of rotatable bonds is 5. The molecule has 29 heavy (non-hydrogen) atoms. The van der Waals surface area contributed by atoms with Gasteiger partial charge in [-0.15, -0.1) is 11.3 Å². The number of nitrogens with one attached hydrogen (secondary N) is 1. The maximum Gasteiger partial charge on any atom is 0.264 e. The van der Waals surface area contributed by atoms with Crippen molar-refractivity contribution in [2.75, 3.05) is 37.2 Å². The molecular weight excluding hydrogens is 386 g/mol. The van der Waals surface area contributed by atoms with E-state index in [1.54, 1.807) is 0 Å². The number of amides is 1. The van der Waals surface area contributed by atoms with Gasteiger partial charge >= 0.3 is 0 Å². The number of aryl methyl sites for hydroxylation is 1. The molecule has 1 amide bonds. The third-order valence-corrected chi connectivity index (χ3v) is 5.62. The number of anilines is 3. The van der Waals surface area contributed by atoms with Gasteiger partial charge in [0.25, 0.3) is 5.91 Å². The van der Waals surface area contributed by atoms with Crippen LogP contribution in [-0.4, -0.2) is 56.8 Å². The van der Waals surface area contributed by atoms with Crippen LogP contribution in [0.3, 0.4) is 0 Å². The topological polar surface area (TPSA) is 100 Å². The number of carbonyl (C=O) groups is 1. The first-order chi connectivity index (χ1) is 14.1. The number of hydrogen-bond donors (Lipinski definition) is 2. The first-order valence-corrected chi connectivity index (χ1v) is 10.3. The van der Waals surface area contributed by atoms with Gasteiger partial charge in [-0.2, -0.15) is 15.0 Å². The number of nitrogens with two attached hydrogens (primary N) is 1. The minimum Gasteiger partial charge on any atom is -0.368 e. The van der Waals surface area contributed by atoms with Crippen molar-refractivity contribution in [3.8, 4) is 0 Å². The van der Waals surface area contributed by atoms with Gasteiger partial charge in [0.15, 0.2) is 0 Å². The second-order valence-electron chi connectivity index (χ2n) is 6.97. The van der Waals surface area contributed by atoms with E-state index in [0.29, 0.717) is 31.4 Å². The number of aromatic nitrogens is 3. The molecule has 150 valence electrons. The van der Waals surface area contributed by atoms with Crippen LogP contribution in [0.5, 0.6) is 0 Å². The SMILES string of the molecule is Cc1ccc(Nc2nc(N)nc(CN3CCN(C(=O)c4cccs4)CC3)n2)cc1. The summed E-state index contributed by atoms with van der Waals surface area (Å²) in [5.74, 6) is 1.35. The Morgan fingerprint density at radius 2 is 1.86 bits per heavy atom. The maximum atomic E-state index is 12.5. The maximum absolute atomic E-state index is 12.5. The first-order valence-electron chi connectivity index (χ1n) is 9.46. The summed E-state index contributed by atoms with van der Waals surface area (Å²) in [6.07, 6.45) is 0. The monoisotopic (exact) mass is 409 g/mol. The van der Waals surface area contributed by atoms with Crippen LogP contribution in [-0.2, 0) is 6.54 Å². The number of nitrogen functional groups attached to an aromatic ring is 1. The molecule has 0 aliphatic carbocycles. The molecule has 1 fully saturated rings. The first kappa shape index (κ1) is 19.3. The van der Waals surface area contributed by atoms with Crippen LogP contribution >= 0.6 is 11.3 Å². The van der Waals surface area contributed by atoms with E-state index < -0.39 is 0 Å². The van der Waals surface area contributed by atoms with Gasteiger partial charge in [-0.05, 0) is 30.5 Å². The Morgan fingerprint density at radius 3 is 2.55 bits per heavy atom. The van der Waals surface area contributed by atoms with Crippen LogP contribution in [0, 0.1) is 6.92 Å². The number of benzene rings is 1. The molecule has 0 bridgehead atoms. The Kier molecular flexibility index (Phi) is 5.68. The molecule has 1 saturated heterocycles. The molecule has 8 nitrogen and oxygen atoms in total. The zero-order chi connectivity index (χ0) is 20.2. The van der Waals surface area contributed by atoms with Crippen molar-refractivity contribution in [1.29, 1.82) is 0 Å². The van der Waals surface area contributed by atoms with Crippen LogP contribution in [0.2, 0.25) is 0 Å². The summed E-state index contributed by atoms with van der Waals surface area (Å²) in [6, 6.07) is 11.8. The highest BCUT2D eigenvalue weighted by Crippen LogP contribution is 2.17. The lowest BCUT2D eigenvalue weighted by atomic mass is 10.2. The lowest BCUT2D eigenvalue weighted by Gasteiger charge is -2.34. The van der Waals surface area contributed by atoms with Gasteiger partial charge in [-0.1, -0.05) is 23.8 Å². The molecule has 3 heterocycles. The number of carbonyl (C=O) groups excluding carboxylic acids is 1. The van der Waals surface area contributed by atoms with Gasteiger partial charge in [0, 0.05) is 31.9 Å². The van der Waals surface area contributed by atoms with E-state index in [0.717, 1.165) is 23.7 Å². The molecular formula is C20H23N7OS. The van der Waals surface area contributed by atoms with E-state index >= 15 is 0 Å². The minimum atomic E-state index is 0.105. The van der Waals surface area contributed by atoms with Crippen LogP contribution in [0.1, 0.15) is 21.1 Å². The average molecular weight is 410 g/mol. The molecule has 0 unspecified atom stereocenters. The predicted octanol–water partition coefficient (Wildman–Crippen LogP) is 2.53. The molecule has 1 aliphatic rings. The van der Waals surface area contributed by atoms with Crippen molar-refractivity contribution in [3.63, 3.8) is 0 Å². The van der Waals surface area contributed by atoms with Gasteiger partial charge in [-0.25, -0.2) is 0 Å². The summed E-state index contributed by atoms with van der Waals surface area (Å²) in [5.41, 5.74) is 7.97. The quantitative estimate of drug-likeness (QED) is 0.668. The van der Waals surface area contributed by atoms with Crippen molar-refractivity contribution < 1.29 is 4.79 Å². The fraction of sp³-hybridized carbons (Fsp3) is 0.300. The Bertz CT molecular complexity index is 967. The van der Waals surface area contributed by atoms with Crippen LogP contribution in [0.4, 0.5) is 17.6 Å². The normalized spacial score (nSPS) is 14.7. The second-order valence-corrected chi connectivity index (χ2v) is 7.92. The van der Waals surface area contributed by atoms with Crippen molar-refractivity contribution in [1.82, 2.24) is 24.8 Å². The van der Waals surface area contributed by atoms with Gasteiger partial charge in [0.2, 0.25) is 11.9 Å². The molecule has 4 rings (SSSR count). The van der Waals surface area contributed by atoms with Crippen molar-refractivity contribution >= 4 is 34.8 Å². The fourth-order valence-corrected chi connectivity index (χ4v) is 3.89. The standard InChI is InChI=1S/C20H23N7OS/c1-14-4-6-15(7-5-14)22-20-24-17(23-19(21)25-20)13-26-8-10-27(11-9-26)18(28)16-3-2-12-29-16/h2-7,12H,8-11,13H2,1H3,(H3,21,22,23,24,25). The summed E-state index contributed by atoms with van der Waals surface area (Å²) >= 11 is 1.48. The minimum absolute atomic E-state index is 0.105. The smallest absolute Gasteiger partial charge is 0.264 e. The highest BCUT2D eigenvalue weighted by atomic mass is 32.1. The Labute approximate surface area is 173 Å². The third kappa shape index (κ3) is 4.87. The van der Waals surface area contributed by atoms with Gasteiger partial charge in [0.1, 0.15) is 5.82 Å². The number of nitrogens with zero attached hydrogens (tertiary/aromatic N) is 5. The molecule has 1 aromatic carbocycles. The van der Waals surface area contributed by atoms with E-state index in [9.17, 15) is 4.79 Å². The van der Waals surface area contributed by atoms with Crippen LogP contribution < -0.4 is 11.1 Å². The molecule has 3 aromatic rings. The summed E-state index contributed by atoms with van der Waals surface area (Å²) < 4.78 is 0. The lowest BCUT2D eigenvalue weighted by Crippen LogP contribution is -2.48. The number of piperazine rings is 1. The van der Waals surface area contributed by atoms with Crippen LogP contribution in [0.25, 0.3) is 0 Å². The van der Waals surface area contributed by atoms with Crippen LogP contribution in [0.15, 0.2) is 41.8 Å². The zero-order valence-electron chi connectivity index (χ0n) is 16.2. The van der Waals surface area contributed by atoms with E-state index in [4.69, 9.17) is 5.73 Å². The summed E-state index contributed by atoms with van der Waals surface area (Å²) in [6.45, 7) is 5.51. The van der Waals surface area contributed by atoms with Crippen molar-refractivity contribution in [2.24, 2.45) is 0 Å². The summed E-state index contributed by atoms with van der Waals surface area (Å²) in [7, 11) is 0. The van der Waals surface area contributed by atoms with Crippen molar-refractivity contribution in [3.05, 3.63) is 58.0 Å². The average Bonchev–Trinajstić information content (AvgIpc) is 3.24. The molecule has 9 heteroatoms. The highest BCUT2D eigenvalue weighted by Gasteiger charge is 2.23. The van der Waals surface area contributed by atoms with Gasteiger partial charge < -0.3 is 16.0 Å². The molecule has 0 saturated carbocycles. The van der Waals surface area contributed by atoms with Crippen molar-refractivity contribution in [2.45, 2.75) is 13.5 Å². The van der Waals surface area contributed by atoms with Gasteiger partial charge in [0.05, 0.1) is 11.4 Å². The second kappa shape index (κ2) is 8.54. The summed E-state index contributed by atoms with van der Waals surface area (Å²) in [5, 5.41) is 5.10. The zero-order valence-corrected chi connectivity index (χ0v) is 17.0. The predicted molar refractivity (Wildman–Crippen MR) is 114 cm³/mol. The third-order valence-electron chi connectivity index (χ3n) is 4.76. The van der Waals surface area contributed by atoms with E-state index in [2.05, 4.69) is 25.2 Å². The molecule has 3 N–H and O–H groups in total. The molecule has 2 aromatic heterocycles. The molecule has 0 spiro atoms. The highest BCUT2D eigenvalue weighted by molar-refractivity contribution is 7.12. The largest absolute Gasteiger partial charge is 0.368 e. The Balaban J connectivity index is 1.36.